The Balaban J connectivity index is 1.82. The maximum Gasteiger partial charge on any atom is 0.282 e. The summed E-state index contributed by atoms with van der Waals surface area (Å²) in [4.78, 5) is 26.5. The minimum absolute atomic E-state index is 0.0318. The number of benzene rings is 1. The molecule has 0 aliphatic rings. The average molecular weight is 327 g/mol. The van der Waals surface area contributed by atoms with E-state index in [1.807, 2.05) is 6.07 Å². The van der Waals surface area contributed by atoms with Crippen molar-refractivity contribution >= 4 is 28.1 Å². The van der Waals surface area contributed by atoms with Gasteiger partial charge < -0.3 is 0 Å². The van der Waals surface area contributed by atoms with Gasteiger partial charge in [-0.05, 0) is 18.2 Å². The first-order valence-electron chi connectivity index (χ1n) is 6.44. The summed E-state index contributed by atoms with van der Waals surface area (Å²) < 4.78 is 0. The monoisotopic (exact) mass is 327 g/mol. The van der Waals surface area contributed by atoms with E-state index in [4.69, 9.17) is 0 Å². The van der Waals surface area contributed by atoms with Gasteiger partial charge >= 0.3 is 0 Å². The molecule has 0 fully saturated rings. The summed E-state index contributed by atoms with van der Waals surface area (Å²) in [6, 6.07) is 9.31. The summed E-state index contributed by atoms with van der Waals surface area (Å²) in [7, 11) is 0. The molecular weight excluding hydrogens is 318 g/mol. The van der Waals surface area contributed by atoms with Crippen LogP contribution in [0.5, 0.6) is 0 Å². The lowest BCUT2D eigenvalue weighted by molar-refractivity contribution is -0.385. The average Bonchev–Trinajstić information content (AvgIpc) is 3.04. The zero-order chi connectivity index (χ0) is 16.2. The van der Waals surface area contributed by atoms with Crippen molar-refractivity contribution in [3.05, 3.63) is 64.5 Å². The van der Waals surface area contributed by atoms with E-state index in [9.17, 15) is 14.9 Å². The number of nitro benzene ring substituents is 1. The van der Waals surface area contributed by atoms with E-state index in [-0.39, 0.29) is 16.4 Å². The van der Waals surface area contributed by atoms with Crippen LogP contribution in [-0.4, -0.2) is 26.0 Å². The van der Waals surface area contributed by atoms with Crippen LogP contribution in [0.15, 0.2) is 48.8 Å². The van der Waals surface area contributed by atoms with Crippen molar-refractivity contribution in [3.63, 3.8) is 0 Å². The third-order valence-electron chi connectivity index (χ3n) is 2.90. The van der Waals surface area contributed by atoms with Gasteiger partial charge in [0.1, 0.15) is 5.56 Å². The number of pyridine rings is 1. The Morgan fingerprint density at radius 1 is 1.17 bits per heavy atom. The van der Waals surface area contributed by atoms with Crippen molar-refractivity contribution in [2.45, 2.75) is 0 Å². The zero-order valence-corrected chi connectivity index (χ0v) is 12.4. The summed E-state index contributed by atoms with van der Waals surface area (Å²) >= 11 is 1.16. The van der Waals surface area contributed by atoms with Crippen molar-refractivity contribution in [2.24, 2.45) is 0 Å². The number of para-hydroxylation sites is 1. The third-order valence-corrected chi connectivity index (χ3v) is 3.79. The highest BCUT2D eigenvalue weighted by molar-refractivity contribution is 7.18. The van der Waals surface area contributed by atoms with E-state index >= 15 is 0 Å². The van der Waals surface area contributed by atoms with Crippen LogP contribution in [0.1, 0.15) is 10.4 Å². The molecule has 2 heterocycles. The molecule has 0 unspecified atom stereocenters. The fourth-order valence-corrected chi connectivity index (χ4v) is 2.60. The Hall–Kier alpha value is -3.20. The Kier molecular flexibility index (Phi) is 4.02. The van der Waals surface area contributed by atoms with Crippen molar-refractivity contribution in [2.75, 3.05) is 5.32 Å². The highest BCUT2D eigenvalue weighted by Crippen LogP contribution is 2.26. The minimum atomic E-state index is -0.605. The van der Waals surface area contributed by atoms with Gasteiger partial charge in [-0.1, -0.05) is 23.5 Å². The molecule has 1 aromatic carbocycles. The van der Waals surface area contributed by atoms with Gasteiger partial charge in [0.05, 0.1) is 4.92 Å². The van der Waals surface area contributed by atoms with Crippen LogP contribution in [0, 0.1) is 10.1 Å². The molecule has 0 saturated carbocycles. The molecule has 23 heavy (non-hydrogen) atoms. The summed E-state index contributed by atoms with van der Waals surface area (Å²) in [6.45, 7) is 0. The first-order valence-corrected chi connectivity index (χ1v) is 7.25. The molecule has 2 aromatic heterocycles. The van der Waals surface area contributed by atoms with E-state index in [0.717, 1.165) is 16.9 Å². The molecule has 0 aliphatic carbocycles. The second-order valence-electron chi connectivity index (χ2n) is 4.38. The highest BCUT2D eigenvalue weighted by Gasteiger charge is 2.20. The number of aromatic nitrogens is 3. The minimum Gasteiger partial charge on any atom is -0.296 e. The quantitative estimate of drug-likeness (QED) is 0.582. The Bertz CT molecular complexity index is 866. The molecule has 0 spiro atoms. The smallest absolute Gasteiger partial charge is 0.282 e. The Labute approximate surface area is 134 Å². The highest BCUT2D eigenvalue weighted by atomic mass is 32.1. The van der Waals surface area contributed by atoms with Crippen LogP contribution in [-0.2, 0) is 0 Å². The first kappa shape index (κ1) is 14.7. The van der Waals surface area contributed by atoms with Crippen LogP contribution in [0.3, 0.4) is 0 Å². The van der Waals surface area contributed by atoms with Crippen molar-refractivity contribution in [1.29, 1.82) is 0 Å². The van der Waals surface area contributed by atoms with Gasteiger partial charge in [-0.15, -0.1) is 10.2 Å². The molecule has 114 valence electrons. The van der Waals surface area contributed by atoms with Crippen LogP contribution < -0.4 is 5.32 Å². The number of nitrogens with one attached hydrogen (secondary N) is 1. The van der Waals surface area contributed by atoms with Gasteiger partial charge in [0.15, 0.2) is 5.01 Å². The number of nitrogens with zero attached hydrogens (tertiary/aromatic N) is 4. The topological polar surface area (TPSA) is 111 Å². The summed E-state index contributed by atoms with van der Waals surface area (Å²) in [6.07, 6.45) is 3.27. The number of carbonyl (C=O) groups excluding carboxylic acids is 1. The summed E-state index contributed by atoms with van der Waals surface area (Å²) in [5, 5.41) is 22.2. The number of anilines is 1. The van der Waals surface area contributed by atoms with Crippen molar-refractivity contribution in [1.82, 2.24) is 15.2 Å². The number of carbonyl (C=O) groups is 1. The molecule has 0 saturated heterocycles. The first-order chi connectivity index (χ1) is 11.1. The fraction of sp³-hybridized carbons (Fsp3) is 0. The van der Waals surface area contributed by atoms with Gasteiger partial charge in [0, 0.05) is 24.0 Å². The van der Waals surface area contributed by atoms with Crippen molar-refractivity contribution in [3.8, 4) is 10.6 Å². The third kappa shape index (κ3) is 3.19. The largest absolute Gasteiger partial charge is 0.296 e. The summed E-state index contributed by atoms with van der Waals surface area (Å²) in [5.41, 5.74) is 0.480. The summed E-state index contributed by atoms with van der Waals surface area (Å²) in [5.74, 6) is -0.605. The predicted molar refractivity (Wildman–Crippen MR) is 84.2 cm³/mol. The number of amides is 1. The van der Waals surface area contributed by atoms with Gasteiger partial charge in [-0.25, -0.2) is 0 Å². The lowest BCUT2D eigenvalue weighted by atomic mass is 10.1. The van der Waals surface area contributed by atoms with E-state index in [2.05, 4.69) is 20.5 Å². The van der Waals surface area contributed by atoms with E-state index in [1.54, 1.807) is 24.5 Å². The zero-order valence-electron chi connectivity index (χ0n) is 11.5. The van der Waals surface area contributed by atoms with Gasteiger partial charge in [0.25, 0.3) is 11.6 Å². The van der Waals surface area contributed by atoms with Crippen molar-refractivity contribution < 1.29 is 9.72 Å². The maximum atomic E-state index is 12.2. The van der Waals surface area contributed by atoms with E-state index < -0.39 is 10.8 Å². The van der Waals surface area contributed by atoms with Gasteiger partial charge in [0.2, 0.25) is 5.13 Å². The molecule has 1 N–H and O–H groups in total. The Morgan fingerprint density at radius 3 is 2.74 bits per heavy atom. The van der Waals surface area contributed by atoms with Crippen LogP contribution in [0.25, 0.3) is 10.6 Å². The van der Waals surface area contributed by atoms with E-state index in [1.165, 1.54) is 18.2 Å². The Morgan fingerprint density at radius 2 is 2.00 bits per heavy atom. The number of nitro groups is 1. The van der Waals surface area contributed by atoms with Gasteiger partial charge in [-0.3, -0.25) is 25.2 Å². The normalized spacial score (nSPS) is 10.3. The molecule has 0 radical (unpaired) electrons. The lowest BCUT2D eigenvalue weighted by Crippen LogP contribution is -2.13. The van der Waals surface area contributed by atoms with Crippen LogP contribution in [0.4, 0.5) is 10.8 Å². The fourth-order valence-electron chi connectivity index (χ4n) is 1.87. The second-order valence-corrected chi connectivity index (χ2v) is 5.36. The molecule has 0 atom stereocenters. The number of hydrogen-bond acceptors (Lipinski definition) is 7. The second kappa shape index (κ2) is 6.28. The molecule has 9 heteroatoms. The maximum absolute atomic E-state index is 12.2. The predicted octanol–water partition coefficient (Wildman–Crippen LogP) is 2.76. The SMILES string of the molecule is O=C(Nc1nnc(-c2cccnc2)s1)c1ccccc1[N+](=O)[O-]. The van der Waals surface area contributed by atoms with Crippen LogP contribution >= 0.6 is 11.3 Å². The lowest BCUT2D eigenvalue weighted by Gasteiger charge is -2.01. The number of hydrogen-bond donors (Lipinski definition) is 1. The molecule has 1 amide bonds. The molecule has 0 bridgehead atoms. The van der Waals surface area contributed by atoms with E-state index in [0.29, 0.717) is 5.01 Å². The molecular formula is C14H9N5O3S. The number of rotatable bonds is 4. The molecule has 3 rings (SSSR count). The standard InChI is InChI=1S/C14H9N5O3S/c20-12(10-5-1-2-6-11(10)19(21)22)16-14-18-17-13(23-14)9-4-3-7-15-8-9/h1-8H,(H,16,18,20). The molecule has 3 aromatic rings. The van der Waals surface area contributed by atoms with Crippen LogP contribution in [0.2, 0.25) is 0 Å². The molecule has 8 nitrogen and oxygen atoms in total. The molecule has 0 aliphatic heterocycles. The van der Waals surface area contributed by atoms with Gasteiger partial charge in [-0.2, -0.15) is 0 Å².